The molecule has 1 fully saturated rings. The van der Waals surface area contributed by atoms with E-state index < -0.39 is 0 Å². The lowest BCUT2D eigenvalue weighted by Gasteiger charge is -2.18. The zero-order chi connectivity index (χ0) is 12.8. The van der Waals surface area contributed by atoms with E-state index in [9.17, 15) is 4.79 Å². The number of para-hydroxylation sites is 1. The van der Waals surface area contributed by atoms with E-state index in [1.807, 2.05) is 38.1 Å². The highest BCUT2D eigenvalue weighted by Gasteiger charge is 2.39. The summed E-state index contributed by atoms with van der Waals surface area (Å²) in [5.74, 6) is 1.72. The van der Waals surface area contributed by atoms with E-state index in [1.165, 1.54) is 0 Å². The maximum Gasteiger partial charge on any atom is 0.213 e. The van der Waals surface area contributed by atoms with Gasteiger partial charge < -0.3 is 4.42 Å². The number of rotatable bonds is 2. The zero-order valence-electron chi connectivity index (χ0n) is 10.7. The molecule has 2 heterocycles. The summed E-state index contributed by atoms with van der Waals surface area (Å²) in [6.45, 7) is 4.04. The molecule has 2 aromatic rings. The summed E-state index contributed by atoms with van der Waals surface area (Å²) in [7, 11) is 0. The van der Waals surface area contributed by atoms with E-state index in [2.05, 4.69) is 0 Å². The Hall–Kier alpha value is -1.22. The van der Waals surface area contributed by atoms with E-state index >= 15 is 0 Å². The van der Waals surface area contributed by atoms with Gasteiger partial charge in [0.25, 0.3) is 0 Å². The van der Waals surface area contributed by atoms with Crippen LogP contribution in [-0.4, -0.2) is 16.3 Å². The van der Waals surface area contributed by atoms with Crippen LogP contribution in [0.4, 0.5) is 0 Å². The number of carbonyl (C=O) groups excluding carboxylic acids is 1. The second-order valence-electron chi connectivity index (χ2n) is 5.12. The van der Waals surface area contributed by atoms with Crippen molar-refractivity contribution in [2.24, 2.45) is 0 Å². The first-order valence-corrected chi connectivity index (χ1v) is 7.27. The number of ketones is 1. The Bertz CT molecular complexity index is 606. The molecule has 0 bridgehead atoms. The van der Waals surface area contributed by atoms with Crippen LogP contribution in [0.1, 0.15) is 35.9 Å². The Morgan fingerprint density at radius 1 is 1.44 bits per heavy atom. The van der Waals surface area contributed by atoms with Crippen molar-refractivity contribution in [2.75, 3.05) is 5.75 Å². The van der Waals surface area contributed by atoms with Crippen LogP contribution in [-0.2, 0) is 0 Å². The van der Waals surface area contributed by atoms with Crippen molar-refractivity contribution in [3.05, 3.63) is 35.6 Å². The molecule has 3 heteroatoms. The second kappa shape index (κ2) is 4.16. The van der Waals surface area contributed by atoms with Crippen molar-refractivity contribution >= 4 is 28.5 Å². The van der Waals surface area contributed by atoms with Gasteiger partial charge >= 0.3 is 0 Å². The van der Waals surface area contributed by atoms with Gasteiger partial charge in [0.1, 0.15) is 5.58 Å². The molecule has 0 N–H and O–H groups in total. The molecule has 1 aliphatic heterocycles. The molecule has 94 valence electrons. The maximum absolute atomic E-state index is 12.5. The van der Waals surface area contributed by atoms with Crippen molar-refractivity contribution in [3.63, 3.8) is 0 Å². The summed E-state index contributed by atoms with van der Waals surface area (Å²) in [6.07, 6.45) is 2.07. The smallest absolute Gasteiger partial charge is 0.213 e. The molecule has 1 aromatic heterocycles. The van der Waals surface area contributed by atoms with Crippen molar-refractivity contribution in [3.8, 4) is 0 Å². The first-order chi connectivity index (χ1) is 8.60. The van der Waals surface area contributed by atoms with Gasteiger partial charge in [0.15, 0.2) is 5.76 Å². The van der Waals surface area contributed by atoms with Gasteiger partial charge in [-0.3, -0.25) is 4.79 Å². The maximum atomic E-state index is 12.5. The van der Waals surface area contributed by atoms with E-state index in [4.69, 9.17) is 4.42 Å². The topological polar surface area (TPSA) is 30.2 Å². The van der Waals surface area contributed by atoms with E-state index in [0.29, 0.717) is 5.76 Å². The lowest BCUT2D eigenvalue weighted by Crippen LogP contribution is -2.28. The number of hydrogen-bond donors (Lipinski definition) is 0. The van der Waals surface area contributed by atoms with E-state index in [0.717, 1.165) is 35.1 Å². The first-order valence-electron chi connectivity index (χ1n) is 6.28. The van der Waals surface area contributed by atoms with E-state index in [1.54, 1.807) is 11.8 Å². The number of thioether (sulfide) groups is 1. The molecular formula is C15H16O2S. The SMILES string of the molecule is Cc1cccc2cc(C(=O)C3(C)CCCS3)oc12. The molecule has 1 atom stereocenters. The lowest BCUT2D eigenvalue weighted by atomic mass is 9.98. The molecule has 0 saturated carbocycles. The highest BCUT2D eigenvalue weighted by Crippen LogP contribution is 2.41. The molecule has 1 aromatic carbocycles. The number of aryl methyl sites for hydroxylation is 1. The number of carbonyl (C=O) groups is 1. The fourth-order valence-corrected chi connectivity index (χ4v) is 3.80. The van der Waals surface area contributed by atoms with Crippen LogP contribution in [0.15, 0.2) is 28.7 Å². The quantitative estimate of drug-likeness (QED) is 0.758. The number of Topliss-reactive ketones (excluding diaryl/α,β-unsaturated/α-hetero) is 1. The summed E-state index contributed by atoms with van der Waals surface area (Å²) in [6, 6.07) is 7.88. The van der Waals surface area contributed by atoms with Gasteiger partial charge in [-0.2, -0.15) is 0 Å². The van der Waals surface area contributed by atoms with Crippen LogP contribution in [0.5, 0.6) is 0 Å². The van der Waals surface area contributed by atoms with Gasteiger partial charge in [-0.15, -0.1) is 11.8 Å². The largest absolute Gasteiger partial charge is 0.453 e. The molecule has 0 amide bonds. The predicted octanol–water partition coefficient (Wildman–Crippen LogP) is 4.21. The summed E-state index contributed by atoms with van der Waals surface area (Å²) >= 11 is 1.75. The van der Waals surface area contributed by atoms with Crippen molar-refractivity contribution in [1.82, 2.24) is 0 Å². The fraction of sp³-hybridized carbons (Fsp3) is 0.400. The van der Waals surface area contributed by atoms with Crippen LogP contribution in [0, 0.1) is 6.92 Å². The number of benzene rings is 1. The molecule has 0 aliphatic carbocycles. The molecule has 18 heavy (non-hydrogen) atoms. The normalized spacial score (nSPS) is 23.7. The van der Waals surface area contributed by atoms with Crippen LogP contribution in [0.3, 0.4) is 0 Å². The molecule has 0 radical (unpaired) electrons. The van der Waals surface area contributed by atoms with Gasteiger partial charge in [0.05, 0.1) is 4.75 Å². The monoisotopic (exact) mass is 260 g/mol. The van der Waals surface area contributed by atoms with Crippen LogP contribution >= 0.6 is 11.8 Å². The molecule has 0 spiro atoms. The molecule has 1 aliphatic rings. The third-order valence-electron chi connectivity index (χ3n) is 3.66. The lowest BCUT2D eigenvalue weighted by molar-refractivity contribution is 0.0923. The fourth-order valence-electron chi connectivity index (χ4n) is 2.54. The van der Waals surface area contributed by atoms with Crippen molar-refractivity contribution in [2.45, 2.75) is 31.4 Å². The zero-order valence-corrected chi connectivity index (χ0v) is 11.5. The Morgan fingerprint density at radius 3 is 2.94 bits per heavy atom. The first kappa shape index (κ1) is 11.8. The van der Waals surface area contributed by atoms with Gasteiger partial charge in [0, 0.05) is 5.39 Å². The second-order valence-corrected chi connectivity index (χ2v) is 6.71. The number of fused-ring (bicyclic) bond motifs is 1. The minimum atomic E-state index is -0.290. The summed E-state index contributed by atoms with van der Waals surface area (Å²) in [4.78, 5) is 12.5. The average molecular weight is 260 g/mol. The Kier molecular flexibility index (Phi) is 2.74. The van der Waals surface area contributed by atoms with Gasteiger partial charge in [-0.25, -0.2) is 0 Å². The third-order valence-corrected chi connectivity index (χ3v) is 5.18. The molecule has 3 rings (SSSR count). The van der Waals surface area contributed by atoms with E-state index in [-0.39, 0.29) is 10.5 Å². The predicted molar refractivity (Wildman–Crippen MR) is 75.4 cm³/mol. The van der Waals surface area contributed by atoms with Gasteiger partial charge in [-0.1, -0.05) is 18.2 Å². The minimum Gasteiger partial charge on any atom is -0.453 e. The Morgan fingerprint density at radius 2 is 2.28 bits per heavy atom. The van der Waals surface area contributed by atoms with Gasteiger partial charge in [0.2, 0.25) is 5.78 Å². The average Bonchev–Trinajstić information content (AvgIpc) is 2.96. The third kappa shape index (κ3) is 1.77. The summed E-state index contributed by atoms with van der Waals surface area (Å²) in [5, 5.41) is 1.02. The highest BCUT2D eigenvalue weighted by atomic mass is 32.2. The molecule has 1 unspecified atom stereocenters. The number of furan rings is 1. The van der Waals surface area contributed by atoms with Crippen LogP contribution < -0.4 is 0 Å². The Balaban J connectivity index is 2.04. The van der Waals surface area contributed by atoms with Gasteiger partial charge in [-0.05, 0) is 44.1 Å². The number of hydrogen-bond acceptors (Lipinski definition) is 3. The van der Waals surface area contributed by atoms with Crippen molar-refractivity contribution in [1.29, 1.82) is 0 Å². The van der Waals surface area contributed by atoms with Crippen LogP contribution in [0.25, 0.3) is 11.0 Å². The summed E-state index contributed by atoms with van der Waals surface area (Å²) in [5.41, 5.74) is 1.92. The van der Waals surface area contributed by atoms with Crippen molar-refractivity contribution < 1.29 is 9.21 Å². The molecule has 1 saturated heterocycles. The van der Waals surface area contributed by atoms with Crippen LogP contribution in [0.2, 0.25) is 0 Å². The standard InChI is InChI=1S/C15H16O2S/c1-10-5-3-6-11-9-12(17-13(10)11)14(16)15(2)7-4-8-18-15/h3,5-6,9H,4,7-8H2,1-2H3. The Labute approximate surface area is 111 Å². The minimum absolute atomic E-state index is 0.139. The molecule has 2 nitrogen and oxygen atoms in total. The molecular weight excluding hydrogens is 244 g/mol. The highest BCUT2D eigenvalue weighted by molar-refractivity contribution is 8.01. The summed E-state index contributed by atoms with van der Waals surface area (Å²) < 4.78 is 5.49.